The van der Waals surface area contributed by atoms with Crippen LogP contribution in [0, 0.1) is 0 Å². The van der Waals surface area contributed by atoms with Crippen molar-refractivity contribution in [2.45, 2.75) is 17.6 Å². The van der Waals surface area contributed by atoms with Crippen LogP contribution in [0.15, 0.2) is 45.8 Å². The molecule has 174 valence electrons. The highest BCUT2D eigenvalue weighted by Crippen LogP contribution is 2.36. The molecule has 1 fully saturated rings. The number of morpholine rings is 1. The number of carbonyl (C=O) groups is 1. The van der Waals surface area contributed by atoms with E-state index in [-0.39, 0.29) is 12.5 Å². The molecule has 8 nitrogen and oxygen atoms in total. The van der Waals surface area contributed by atoms with E-state index >= 15 is 0 Å². The number of ether oxygens (including phenoxy) is 4. The molecule has 1 atom stereocenters. The Morgan fingerprint density at radius 2 is 1.69 bits per heavy atom. The first-order valence-corrected chi connectivity index (χ1v) is 11.9. The van der Waals surface area contributed by atoms with Gasteiger partial charge < -0.3 is 23.8 Å². The normalized spacial score (nSPS) is 15.3. The Bertz CT molecular complexity index is 1030. The Labute approximate surface area is 194 Å². The molecule has 11 heteroatoms. The maximum Gasteiger partial charge on any atom is 0.332 e. The van der Waals surface area contributed by atoms with Gasteiger partial charge in [0.05, 0.1) is 38.9 Å². The minimum Gasteiger partial charge on any atom is -0.495 e. The second-order valence-corrected chi connectivity index (χ2v) is 9.09. The van der Waals surface area contributed by atoms with Crippen molar-refractivity contribution in [1.29, 1.82) is 0 Å². The standard InChI is InChI=1S/C21H23BrFNO7S/c1-28-17-11-14(12-18(29-2)19(17)22)13-31-20(21(25)24-7-9-30-10-8-24)15-3-5-16(6-4-15)32(23,26)27/h3-6,11-12,20H,7-10,13H2,1-2H3. The summed E-state index contributed by atoms with van der Waals surface area (Å²) >= 11 is 3.41. The minimum absolute atomic E-state index is 0.0455. The summed E-state index contributed by atoms with van der Waals surface area (Å²) in [7, 11) is -1.80. The van der Waals surface area contributed by atoms with Gasteiger partial charge in [0.2, 0.25) is 0 Å². The average molecular weight is 532 g/mol. The van der Waals surface area contributed by atoms with Gasteiger partial charge in [0.25, 0.3) is 5.91 Å². The van der Waals surface area contributed by atoms with Gasteiger partial charge in [-0.05, 0) is 51.3 Å². The van der Waals surface area contributed by atoms with Crippen molar-refractivity contribution >= 4 is 32.1 Å². The zero-order valence-corrected chi connectivity index (χ0v) is 19.9. The average Bonchev–Trinajstić information content (AvgIpc) is 2.80. The lowest BCUT2D eigenvalue weighted by Crippen LogP contribution is -2.43. The van der Waals surface area contributed by atoms with E-state index in [9.17, 15) is 17.1 Å². The lowest BCUT2D eigenvalue weighted by Gasteiger charge is -2.30. The highest BCUT2D eigenvalue weighted by atomic mass is 79.9. The Balaban J connectivity index is 1.88. The van der Waals surface area contributed by atoms with Crippen LogP contribution < -0.4 is 9.47 Å². The summed E-state index contributed by atoms with van der Waals surface area (Å²) < 4.78 is 58.2. The van der Waals surface area contributed by atoms with E-state index in [1.165, 1.54) is 26.4 Å². The topological polar surface area (TPSA) is 91.4 Å². The molecule has 0 saturated carbocycles. The number of benzene rings is 2. The summed E-state index contributed by atoms with van der Waals surface area (Å²) in [6.07, 6.45) is -1.02. The lowest BCUT2D eigenvalue weighted by atomic mass is 10.1. The maximum atomic E-state index is 13.3. The molecular formula is C21H23BrFNO7S. The van der Waals surface area contributed by atoms with Gasteiger partial charge in [-0.25, -0.2) is 0 Å². The van der Waals surface area contributed by atoms with Gasteiger partial charge >= 0.3 is 10.2 Å². The smallest absolute Gasteiger partial charge is 0.332 e. The van der Waals surface area contributed by atoms with Crippen LogP contribution in [0.25, 0.3) is 0 Å². The van der Waals surface area contributed by atoms with Gasteiger partial charge in [0.1, 0.15) is 16.0 Å². The lowest BCUT2D eigenvalue weighted by molar-refractivity contribution is -0.149. The van der Waals surface area contributed by atoms with Gasteiger partial charge in [-0.15, -0.1) is 3.89 Å². The third-order valence-corrected chi connectivity index (χ3v) is 6.55. The Morgan fingerprint density at radius 1 is 1.12 bits per heavy atom. The SMILES string of the molecule is COc1cc(COC(C(=O)N2CCOCC2)c2ccc(S(=O)(=O)F)cc2)cc(OC)c1Br. The van der Waals surface area contributed by atoms with E-state index in [1.54, 1.807) is 17.0 Å². The van der Waals surface area contributed by atoms with Crippen LogP contribution in [0.5, 0.6) is 11.5 Å². The highest BCUT2D eigenvalue weighted by molar-refractivity contribution is 9.10. The van der Waals surface area contributed by atoms with E-state index in [1.807, 2.05) is 0 Å². The Morgan fingerprint density at radius 3 is 2.19 bits per heavy atom. The molecule has 1 unspecified atom stereocenters. The molecular weight excluding hydrogens is 509 g/mol. The first kappa shape index (κ1) is 24.4. The summed E-state index contributed by atoms with van der Waals surface area (Å²) in [6, 6.07) is 8.47. The fourth-order valence-electron chi connectivity index (χ4n) is 3.25. The number of nitrogens with zero attached hydrogens (tertiary/aromatic N) is 1. The molecule has 2 aromatic rings. The third-order valence-electron chi connectivity index (χ3n) is 4.93. The predicted octanol–water partition coefficient (Wildman–Crippen LogP) is 3.24. The number of carbonyl (C=O) groups excluding carboxylic acids is 1. The quantitative estimate of drug-likeness (QED) is 0.483. The molecule has 0 N–H and O–H groups in total. The van der Waals surface area contributed by atoms with Crippen molar-refractivity contribution in [3.63, 3.8) is 0 Å². The van der Waals surface area contributed by atoms with Crippen LogP contribution in [0.2, 0.25) is 0 Å². The number of methoxy groups -OCH3 is 2. The van der Waals surface area contributed by atoms with Crippen molar-refractivity contribution in [3.05, 3.63) is 52.0 Å². The summed E-state index contributed by atoms with van der Waals surface area (Å²) in [5.41, 5.74) is 1.11. The largest absolute Gasteiger partial charge is 0.495 e. The molecule has 0 aliphatic carbocycles. The molecule has 0 radical (unpaired) electrons. The molecule has 0 spiro atoms. The molecule has 1 amide bonds. The van der Waals surface area contributed by atoms with Crippen molar-refractivity contribution in [1.82, 2.24) is 4.90 Å². The zero-order valence-electron chi connectivity index (χ0n) is 17.5. The van der Waals surface area contributed by atoms with Gasteiger partial charge in [0, 0.05) is 13.1 Å². The zero-order chi connectivity index (χ0) is 23.3. The fraction of sp³-hybridized carbons (Fsp3) is 0.381. The predicted molar refractivity (Wildman–Crippen MR) is 117 cm³/mol. The van der Waals surface area contributed by atoms with Crippen molar-refractivity contribution < 1.29 is 36.0 Å². The van der Waals surface area contributed by atoms with Crippen LogP contribution >= 0.6 is 15.9 Å². The van der Waals surface area contributed by atoms with Crippen LogP contribution in [0.3, 0.4) is 0 Å². The first-order valence-electron chi connectivity index (χ1n) is 9.67. The van der Waals surface area contributed by atoms with E-state index in [0.717, 1.165) is 12.1 Å². The molecule has 2 aromatic carbocycles. The van der Waals surface area contributed by atoms with Gasteiger partial charge in [-0.1, -0.05) is 12.1 Å². The van der Waals surface area contributed by atoms with Gasteiger partial charge in [-0.2, -0.15) is 8.42 Å². The Kier molecular flexibility index (Phi) is 8.10. The third kappa shape index (κ3) is 5.77. The first-order chi connectivity index (χ1) is 15.2. The summed E-state index contributed by atoms with van der Waals surface area (Å²) in [5.74, 6) is 0.785. The summed E-state index contributed by atoms with van der Waals surface area (Å²) in [4.78, 5) is 14.3. The van der Waals surface area contributed by atoms with Crippen LogP contribution in [-0.4, -0.2) is 59.7 Å². The van der Waals surface area contributed by atoms with Crippen LogP contribution in [0.1, 0.15) is 17.2 Å². The van der Waals surface area contributed by atoms with Crippen LogP contribution in [0.4, 0.5) is 3.89 Å². The second kappa shape index (κ2) is 10.6. The van der Waals surface area contributed by atoms with Crippen molar-refractivity contribution in [2.24, 2.45) is 0 Å². The van der Waals surface area contributed by atoms with Gasteiger partial charge in [-0.3, -0.25) is 4.79 Å². The van der Waals surface area contributed by atoms with E-state index in [2.05, 4.69) is 15.9 Å². The number of hydrogen-bond acceptors (Lipinski definition) is 7. The van der Waals surface area contributed by atoms with Crippen LogP contribution in [-0.2, 0) is 31.1 Å². The van der Waals surface area contributed by atoms with Crippen molar-refractivity contribution in [2.75, 3.05) is 40.5 Å². The monoisotopic (exact) mass is 531 g/mol. The number of hydrogen-bond donors (Lipinski definition) is 0. The molecule has 1 heterocycles. The molecule has 1 aliphatic heterocycles. The maximum absolute atomic E-state index is 13.3. The fourth-order valence-corrected chi connectivity index (χ4v) is 4.27. The molecule has 1 saturated heterocycles. The molecule has 0 bridgehead atoms. The Hall–Kier alpha value is -2.21. The highest BCUT2D eigenvalue weighted by Gasteiger charge is 2.29. The number of rotatable bonds is 8. The van der Waals surface area contributed by atoms with Crippen molar-refractivity contribution in [3.8, 4) is 11.5 Å². The molecule has 1 aliphatic rings. The minimum atomic E-state index is -4.85. The molecule has 32 heavy (non-hydrogen) atoms. The van der Waals surface area contributed by atoms with E-state index < -0.39 is 21.2 Å². The van der Waals surface area contributed by atoms with E-state index in [0.29, 0.717) is 53.4 Å². The number of amides is 1. The second-order valence-electron chi connectivity index (χ2n) is 6.95. The van der Waals surface area contributed by atoms with E-state index in [4.69, 9.17) is 18.9 Å². The summed E-state index contributed by atoms with van der Waals surface area (Å²) in [6.45, 7) is 1.70. The summed E-state index contributed by atoms with van der Waals surface area (Å²) in [5, 5.41) is 0. The van der Waals surface area contributed by atoms with Gasteiger partial charge in [0.15, 0.2) is 6.10 Å². The number of halogens is 2. The molecule has 3 rings (SSSR count). The molecule has 0 aromatic heterocycles.